The number of pyridine rings is 1. The second-order valence-electron chi connectivity index (χ2n) is 5.86. The molecule has 0 amide bonds. The zero-order valence-corrected chi connectivity index (χ0v) is 13.4. The molecule has 0 saturated carbocycles. The number of nitrogens with zero attached hydrogens (tertiary/aromatic N) is 2. The van der Waals surface area contributed by atoms with E-state index in [0.29, 0.717) is 11.1 Å². The average Bonchev–Trinajstić information content (AvgIpc) is 3.14. The van der Waals surface area contributed by atoms with E-state index in [-0.39, 0.29) is 0 Å². The van der Waals surface area contributed by atoms with E-state index in [1.165, 1.54) is 17.7 Å². The Morgan fingerprint density at radius 2 is 2.33 bits per heavy atom. The molecule has 1 unspecified atom stereocenters. The van der Waals surface area contributed by atoms with Crippen LogP contribution < -0.4 is 10.6 Å². The van der Waals surface area contributed by atoms with Crippen LogP contribution in [0.2, 0.25) is 0 Å². The number of fused-ring (bicyclic) bond motifs is 1. The topological polar surface area (TPSA) is 51.4 Å². The number of nitrogens with two attached hydrogens (primary N) is 1. The van der Waals surface area contributed by atoms with E-state index in [9.17, 15) is 0 Å². The SMILES string of the molecule is CCN(CC1CCCO1)c1nc2c(cc1C(N)=S)CCC2. The number of rotatable bonds is 5. The van der Waals surface area contributed by atoms with Crippen LogP contribution in [0.3, 0.4) is 0 Å². The van der Waals surface area contributed by atoms with Gasteiger partial charge >= 0.3 is 0 Å². The molecule has 0 radical (unpaired) electrons. The van der Waals surface area contributed by atoms with Crippen LogP contribution in [-0.2, 0) is 17.6 Å². The number of hydrogen-bond donors (Lipinski definition) is 1. The van der Waals surface area contributed by atoms with E-state index in [4.69, 9.17) is 27.7 Å². The van der Waals surface area contributed by atoms with E-state index in [0.717, 1.165) is 56.8 Å². The number of ether oxygens (including phenoxy) is 1. The Balaban J connectivity index is 1.92. The molecule has 1 aromatic rings. The molecule has 0 bridgehead atoms. The third-order valence-electron chi connectivity index (χ3n) is 4.43. The summed E-state index contributed by atoms with van der Waals surface area (Å²) >= 11 is 5.25. The zero-order valence-electron chi connectivity index (χ0n) is 12.6. The maximum absolute atomic E-state index is 5.94. The molecule has 1 aliphatic carbocycles. The molecule has 1 saturated heterocycles. The summed E-state index contributed by atoms with van der Waals surface area (Å²) in [6.07, 6.45) is 5.93. The van der Waals surface area contributed by atoms with Gasteiger partial charge in [-0.05, 0) is 50.7 Å². The fraction of sp³-hybridized carbons (Fsp3) is 0.625. The molecule has 2 N–H and O–H groups in total. The molecule has 1 atom stereocenters. The quantitative estimate of drug-likeness (QED) is 0.845. The third-order valence-corrected chi connectivity index (χ3v) is 4.65. The summed E-state index contributed by atoms with van der Waals surface area (Å²) in [5.74, 6) is 0.946. The van der Waals surface area contributed by atoms with Gasteiger partial charge in [0.15, 0.2) is 0 Å². The lowest BCUT2D eigenvalue weighted by molar-refractivity contribution is 0.115. The number of likely N-dealkylation sites (N-methyl/N-ethyl adjacent to an activating group) is 1. The summed E-state index contributed by atoms with van der Waals surface area (Å²) in [4.78, 5) is 7.60. The molecule has 1 fully saturated rings. The van der Waals surface area contributed by atoms with E-state index >= 15 is 0 Å². The van der Waals surface area contributed by atoms with Crippen LogP contribution >= 0.6 is 12.2 Å². The van der Waals surface area contributed by atoms with Crippen molar-refractivity contribution in [3.8, 4) is 0 Å². The second-order valence-corrected chi connectivity index (χ2v) is 6.30. The van der Waals surface area contributed by atoms with Crippen molar-refractivity contribution >= 4 is 23.0 Å². The van der Waals surface area contributed by atoms with Gasteiger partial charge in [-0.1, -0.05) is 12.2 Å². The molecule has 21 heavy (non-hydrogen) atoms. The van der Waals surface area contributed by atoms with Crippen LogP contribution in [0, 0.1) is 0 Å². The maximum atomic E-state index is 5.94. The van der Waals surface area contributed by atoms with Gasteiger partial charge < -0.3 is 15.4 Å². The number of aromatic nitrogens is 1. The van der Waals surface area contributed by atoms with Gasteiger partial charge in [-0.15, -0.1) is 0 Å². The van der Waals surface area contributed by atoms with Crippen LogP contribution in [0.4, 0.5) is 5.82 Å². The molecule has 3 rings (SSSR count). The van der Waals surface area contributed by atoms with Gasteiger partial charge in [-0.3, -0.25) is 0 Å². The number of anilines is 1. The Bertz CT molecular complexity index is 541. The van der Waals surface area contributed by atoms with Crippen LogP contribution in [0.25, 0.3) is 0 Å². The third kappa shape index (κ3) is 3.04. The standard InChI is InChI=1S/C16H23N3OS/c1-2-19(10-12-6-4-8-20-12)16-13(15(17)21)9-11-5-3-7-14(11)18-16/h9,12H,2-8,10H2,1H3,(H2,17,21). The lowest BCUT2D eigenvalue weighted by atomic mass is 10.1. The maximum Gasteiger partial charge on any atom is 0.139 e. The lowest BCUT2D eigenvalue weighted by Gasteiger charge is -2.27. The largest absolute Gasteiger partial charge is 0.389 e. The van der Waals surface area contributed by atoms with Crippen molar-refractivity contribution in [3.05, 3.63) is 22.9 Å². The van der Waals surface area contributed by atoms with Gasteiger partial charge in [0.05, 0.1) is 11.7 Å². The van der Waals surface area contributed by atoms with E-state index in [1.807, 2.05) is 0 Å². The summed E-state index contributed by atoms with van der Waals surface area (Å²) in [6, 6.07) is 2.16. The monoisotopic (exact) mass is 305 g/mol. The van der Waals surface area contributed by atoms with Crippen LogP contribution in [0.5, 0.6) is 0 Å². The number of thiocarbonyl (C=S) groups is 1. The Morgan fingerprint density at radius 3 is 3.00 bits per heavy atom. The van der Waals surface area contributed by atoms with E-state index < -0.39 is 0 Å². The van der Waals surface area contributed by atoms with Crippen molar-refractivity contribution in [3.63, 3.8) is 0 Å². The molecule has 0 aromatic carbocycles. The normalized spacial score (nSPS) is 20.5. The molecule has 0 spiro atoms. The molecule has 2 heterocycles. The molecule has 1 aliphatic heterocycles. The predicted molar refractivity (Wildman–Crippen MR) is 89.0 cm³/mol. The minimum absolute atomic E-state index is 0.305. The Labute approximate surface area is 131 Å². The predicted octanol–water partition coefficient (Wildman–Crippen LogP) is 2.21. The highest BCUT2D eigenvalue weighted by atomic mass is 32.1. The molecule has 1 aromatic heterocycles. The van der Waals surface area contributed by atoms with Gasteiger partial charge in [-0.25, -0.2) is 4.98 Å². The summed E-state index contributed by atoms with van der Waals surface area (Å²) in [5.41, 5.74) is 9.40. The van der Waals surface area contributed by atoms with Crippen LogP contribution in [0.15, 0.2) is 6.07 Å². The van der Waals surface area contributed by atoms with E-state index in [1.54, 1.807) is 0 Å². The van der Waals surface area contributed by atoms with Crippen molar-refractivity contribution in [2.45, 2.75) is 45.1 Å². The smallest absolute Gasteiger partial charge is 0.139 e. The highest BCUT2D eigenvalue weighted by Gasteiger charge is 2.24. The first-order chi connectivity index (χ1) is 10.2. The van der Waals surface area contributed by atoms with Crippen molar-refractivity contribution in [1.29, 1.82) is 0 Å². The highest BCUT2D eigenvalue weighted by molar-refractivity contribution is 7.80. The Morgan fingerprint density at radius 1 is 1.48 bits per heavy atom. The lowest BCUT2D eigenvalue weighted by Crippen LogP contribution is -2.34. The van der Waals surface area contributed by atoms with Gasteiger partial charge in [0.2, 0.25) is 0 Å². The van der Waals surface area contributed by atoms with Crippen molar-refractivity contribution in [1.82, 2.24) is 4.98 Å². The fourth-order valence-corrected chi connectivity index (χ4v) is 3.43. The first-order valence-electron chi connectivity index (χ1n) is 7.88. The molecule has 114 valence electrons. The Hall–Kier alpha value is -1.20. The fourth-order valence-electron chi connectivity index (χ4n) is 3.28. The van der Waals surface area contributed by atoms with Crippen molar-refractivity contribution in [2.24, 2.45) is 5.73 Å². The molecule has 4 nitrogen and oxygen atoms in total. The van der Waals surface area contributed by atoms with Gasteiger partial charge in [0.25, 0.3) is 0 Å². The van der Waals surface area contributed by atoms with Gasteiger partial charge in [-0.2, -0.15) is 0 Å². The average molecular weight is 305 g/mol. The first-order valence-corrected chi connectivity index (χ1v) is 8.29. The van der Waals surface area contributed by atoms with Gasteiger partial charge in [0.1, 0.15) is 10.8 Å². The minimum atomic E-state index is 0.305. The number of aryl methyl sites for hydroxylation is 2. The highest BCUT2D eigenvalue weighted by Crippen LogP contribution is 2.28. The van der Waals surface area contributed by atoms with Gasteiger partial charge in [0, 0.05) is 25.4 Å². The number of hydrogen-bond acceptors (Lipinski definition) is 4. The summed E-state index contributed by atoms with van der Waals surface area (Å²) in [6.45, 7) is 4.79. The molecular weight excluding hydrogens is 282 g/mol. The van der Waals surface area contributed by atoms with Crippen molar-refractivity contribution in [2.75, 3.05) is 24.6 Å². The first kappa shape index (κ1) is 14.7. The molecule has 5 heteroatoms. The summed E-state index contributed by atoms with van der Waals surface area (Å²) in [7, 11) is 0. The van der Waals surface area contributed by atoms with Crippen LogP contribution in [-0.4, -0.2) is 35.8 Å². The second kappa shape index (κ2) is 6.28. The van der Waals surface area contributed by atoms with E-state index in [2.05, 4.69) is 17.9 Å². The summed E-state index contributed by atoms with van der Waals surface area (Å²) < 4.78 is 5.77. The Kier molecular flexibility index (Phi) is 4.40. The minimum Gasteiger partial charge on any atom is -0.389 e. The zero-order chi connectivity index (χ0) is 14.8. The summed E-state index contributed by atoms with van der Waals surface area (Å²) in [5, 5.41) is 0. The molecule has 2 aliphatic rings. The van der Waals surface area contributed by atoms with Crippen molar-refractivity contribution < 1.29 is 4.74 Å². The molecular formula is C16H23N3OS. The van der Waals surface area contributed by atoms with Crippen LogP contribution in [0.1, 0.15) is 43.0 Å².